The van der Waals surface area contributed by atoms with Gasteiger partial charge in [0.1, 0.15) is 5.60 Å². The monoisotopic (exact) mass is 526 g/mol. The Morgan fingerprint density at radius 2 is 1.78 bits per heavy atom. The fraction of sp³-hybridized carbons (Fsp3) is 0.846. The molecule has 0 aromatic heterocycles. The van der Waals surface area contributed by atoms with Crippen LogP contribution in [0.1, 0.15) is 91.9 Å². The highest BCUT2D eigenvalue weighted by Gasteiger charge is 2.52. The van der Waals surface area contributed by atoms with Crippen LogP contribution in [0.5, 0.6) is 0 Å². The van der Waals surface area contributed by atoms with E-state index in [1.807, 2.05) is 0 Å². The van der Waals surface area contributed by atoms with E-state index in [1.165, 1.54) is 0 Å². The summed E-state index contributed by atoms with van der Waals surface area (Å²) in [6.45, 7) is 7.69. The number of amides is 2. The van der Waals surface area contributed by atoms with Gasteiger partial charge in [0.25, 0.3) is 0 Å². The molecule has 5 unspecified atom stereocenters. The molecule has 2 aliphatic rings. The SMILES string of the molecule is CCOC(=O)C1CCCCC1NC(CCCCN)C(=O)NC1(C(=O)O)CCCC1NC(=O)OC(C)(C)C. The van der Waals surface area contributed by atoms with Gasteiger partial charge in [-0.05, 0) is 79.2 Å². The van der Waals surface area contributed by atoms with Gasteiger partial charge in [-0.1, -0.05) is 19.3 Å². The second-order valence-corrected chi connectivity index (χ2v) is 11.1. The van der Waals surface area contributed by atoms with Gasteiger partial charge in [-0.2, -0.15) is 0 Å². The Labute approximate surface area is 220 Å². The lowest BCUT2D eigenvalue weighted by Crippen LogP contribution is -2.67. The molecule has 2 aliphatic carbocycles. The van der Waals surface area contributed by atoms with Gasteiger partial charge in [0.2, 0.25) is 5.91 Å². The summed E-state index contributed by atoms with van der Waals surface area (Å²) in [6, 6.07) is -1.79. The molecule has 0 spiro atoms. The van der Waals surface area contributed by atoms with Crippen molar-refractivity contribution in [1.82, 2.24) is 16.0 Å². The zero-order valence-corrected chi connectivity index (χ0v) is 22.8. The van der Waals surface area contributed by atoms with E-state index >= 15 is 0 Å². The second-order valence-electron chi connectivity index (χ2n) is 11.1. The smallest absolute Gasteiger partial charge is 0.407 e. The van der Waals surface area contributed by atoms with Crippen molar-refractivity contribution in [2.45, 2.75) is 121 Å². The zero-order chi connectivity index (χ0) is 27.6. The Morgan fingerprint density at radius 1 is 1.08 bits per heavy atom. The highest BCUT2D eigenvalue weighted by Crippen LogP contribution is 2.32. The van der Waals surface area contributed by atoms with E-state index in [2.05, 4.69) is 16.0 Å². The van der Waals surface area contributed by atoms with E-state index in [1.54, 1.807) is 27.7 Å². The number of ether oxygens (including phenoxy) is 2. The lowest BCUT2D eigenvalue weighted by atomic mass is 9.83. The third kappa shape index (κ3) is 8.84. The molecule has 0 heterocycles. The van der Waals surface area contributed by atoms with Crippen LogP contribution in [-0.4, -0.2) is 71.5 Å². The van der Waals surface area contributed by atoms with E-state index in [0.29, 0.717) is 45.1 Å². The number of nitrogens with one attached hydrogen (secondary N) is 3. The van der Waals surface area contributed by atoms with Gasteiger partial charge < -0.3 is 36.3 Å². The molecule has 37 heavy (non-hydrogen) atoms. The van der Waals surface area contributed by atoms with Gasteiger partial charge in [-0.3, -0.25) is 9.59 Å². The van der Waals surface area contributed by atoms with E-state index < -0.39 is 41.2 Å². The summed E-state index contributed by atoms with van der Waals surface area (Å²) in [4.78, 5) is 51.1. The molecule has 2 rings (SSSR count). The lowest BCUT2D eigenvalue weighted by Gasteiger charge is -2.37. The third-order valence-corrected chi connectivity index (χ3v) is 7.11. The summed E-state index contributed by atoms with van der Waals surface area (Å²) in [5.74, 6) is -2.31. The fourth-order valence-corrected chi connectivity index (χ4v) is 5.32. The van der Waals surface area contributed by atoms with Crippen molar-refractivity contribution in [3.05, 3.63) is 0 Å². The molecule has 0 aliphatic heterocycles. The maximum absolute atomic E-state index is 13.6. The Morgan fingerprint density at radius 3 is 2.41 bits per heavy atom. The first-order valence-corrected chi connectivity index (χ1v) is 13.6. The van der Waals surface area contributed by atoms with Crippen molar-refractivity contribution in [3.63, 3.8) is 0 Å². The molecule has 5 atom stereocenters. The predicted octanol–water partition coefficient (Wildman–Crippen LogP) is 2.21. The van der Waals surface area contributed by atoms with Gasteiger partial charge in [0, 0.05) is 6.04 Å². The number of hydrogen-bond acceptors (Lipinski definition) is 8. The average molecular weight is 527 g/mol. The maximum Gasteiger partial charge on any atom is 0.407 e. The lowest BCUT2D eigenvalue weighted by molar-refractivity contribution is -0.150. The van der Waals surface area contributed by atoms with Crippen LogP contribution < -0.4 is 21.7 Å². The number of carbonyl (C=O) groups is 4. The summed E-state index contributed by atoms with van der Waals surface area (Å²) < 4.78 is 10.6. The van der Waals surface area contributed by atoms with E-state index in [9.17, 15) is 24.3 Å². The largest absolute Gasteiger partial charge is 0.479 e. The second kappa shape index (κ2) is 13.9. The van der Waals surface area contributed by atoms with Crippen molar-refractivity contribution in [2.75, 3.05) is 13.2 Å². The number of carboxylic acids is 1. The third-order valence-electron chi connectivity index (χ3n) is 7.11. The van der Waals surface area contributed by atoms with Crippen molar-refractivity contribution < 1.29 is 33.8 Å². The van der Waals surface area contributed by atoms with Crippen molar-refractivity contribution in [3.8, 4) is 0 Å². The van der Waals surface area contributed by atoms with Crippen LogP contribution in [0.3, 0.4) is 0 Å². The van der Waals surface area contributed by atoms with Crippen molar-refractivity contribution in [2.24, 2.45) is 11.7 Å². The number of unbranched alkanes of at least 4 members (excludes halogenated alkanes) is 1. The Balaban J connectivity index is 2.22. The molecule has 0 bridgehead atoms. The summed E-state index contributed by atoms with van der Waals surface area (Å²) in [5, 5.41) is 19.0. The molecule has 0 saturated heterocycles. The van der Waals surface area contributed by atoms with Crippen LogP contribution in [0.4, 0.5) is 4.79 Å². The minimum Gasteiger partial charge on any atom is -0.479 e. The zero-order valence-electron chi connectivity index (χ0n) is 22.8. The topological polar surface area (TPSA) is 169 Å². The maximum atomic E-state index is 13.6. The van der Waals surface area contributed by atoms with Crippen LogP contribution in [0, 0.1) is 5.92 Å². The molecule has 2 amide bonds. The fourth-order valence-electron chi connectivity index (χ4n) is 5.32. The predicted molar refractivity (Wildman–Crippen MR) is 138 cm³/mol. The minimum atomic E-state index is -1.66. The molecule has 0 aromatic rings. The molecule has 2 fully saturated rings. The minimum absolute atomic E-state index is 0.180. The molecule has 2 saturated carbocycles. The number of carboxylic acid groups (broad SMARTS) is 1. The summed E-state index contributed by atoms with van der Waals surface area (Å²) in [6.07, 6.45) is 5.41. The first kappa shape index (κ1) is 30.8. The van der Waals surface area contributed by atoms with Gasteiger partial charge in [-0.15, -0.1) is 0 Å². The molecule has 212 valence electrons. The Bertz CT molecular complexity index is 800. The summed E-state index contributed by atoms with van der Waals surface area (Å²) in [7, 11) is 0. The highest BCUT2D eigenvalue weighted by molar-refractivity contribution is 5.91. The number of carbonyl (C=O) groups excluding carboxylic acids is 3. The van der Waals surface area contributed by atoms with Crippen LogP contribution >= 0.6 is 0 Å². The molecule has 11 heteroatoms. The Kier molecular flexibility index (Phi) is 11.6. The van der Waals surface area contributed by atoms with E-state index in [-0.39, 0.29) is 31.0 Å². The first-order chi connectivity index (χ1) is 17.4. The van der Waals surface area contributed by atoms with Gasteiger partial charge in [0.05, 0.1) is 24.6 Å². The van der Waals surface area contributed by atoms with Crippen LogP contribution in [0.25, 0.3) is 0 Å². The molecular weight excluding hydrogens is 480 g/mol. The first-order valence-electron chi connectivity index (χ1n) is 13.6. The Hall–Kier alpha value is -2.40. The normalized spacial score (nSPS) is 26.7. The van der Waals surface area contributed by atoms with Crippen LogP contribution in [0.2, 0.25) is 0 Å². The van der Waals surface area contributed by atoms with Gasteiger partial charge in [-0.25, -0.2) is 9.59 Å². The van der Waals surface area contributed by atoms with Gasteiger partial charge in [0.15, 0.2) is 5.54 Å². The molecule has 0 radical (unpaired) electrons. The standard InChI is InChI=1S/C26H46N4O7/c1-5-36-22(32)17-11-6-7-12-18(17)28-19(13-8-9-16-27)21(31)30-26(23(33)34)15-10-14-20(26)29-24(35)37-25(2,3)4/h17-20,28H,5-16,27H2,1-4H3,(H,29,35)(H,30,31)(H,33,34). The van der Waals surface area contributed by atoms with Crippen molar-refractivity contribution >= 4 is 23.9 Å². The molecule has 0 aromatic carbocycles. The van der Waals surface area contributed by atoms with Crippen molar-refractivity contribution in [1.29, 1.82) is 0 Å². The van der Waals surface area contributed by atoms with E-state index in [4.69, 9.17) is 15.2 Å². The number of aliphatic carboxylic acids is 1. The summed E-state index contributed by atoms with van der Waals surface area (Å²) >= 11 is 0. The number of hydrogen-bond donors (Lipinski definition) is 5. The molecule has 11 nitrogen and oxygen atoms in total. The average Bonchev–Trinajstić information content (AvgIpc) is 3.20. The van der Waals surface area contributed by atoms with Crippen LogP contribution in [-0.2, 0) is 23.9 Å². The quantitative estimate of drug-likeness (QED) is 0.189. The highest BCUT2D eigenvalue weighted by atomic mass is 16.6. The number of alkyl carbamates (subject to hydrolysis) is 1. The number of nitrogens with two attached hydrogens (primary N) is 1. The van der Waals surface area contributed by atoms with E-state index in [0.717, 1.165) is 19.3 Å². The molecular formula is C26H46N4O7. The van der Waals surface area contributed by atoms with Gasteiger partial charge >= 0.3 is 18.0 Å². The van der Waals surface area contributed by atoms with Crippen LogP contribution in [0.15, 0.2) is 0 Å². The number of rotatable bonds is 12. The summed E-state index contributed by atoms with van der Waals surface area (Å²) in [5.41, 5.74) is 3.26. The molecule has 6 N–H and O–H groups in total. The number of esters is 1.